The second-order valence-electron chi connectivity index (χ2n) is 5.87. The van der Waals surface area contributed by atoms with Crippen molar-refractivity contribution in [2.75, 3.05) is 37.6 Å². The molecular weight excluding hydrogens is 307 g/mol. The number of hydrogen-bond acceptors (Lipinski definition) is 5. The molecule has 124 valence electrons. The van der Waals surface area contributed by atoms with Crippen LogP contribution >= 0.6 is 0 Å². The molecule has 24 heavy (non-hydrogen) atoms. The molecule has 0 unspecified atom stereocenters. The minimum Gasteiger partial charge on any atom is -0.387 e. The van der Waals surface area contributed by atoms with Gasteiger partial charge in [-0.1, -0.05) is 12.1 Å². The Morgan fingerprint density at radius 3 is 2.42 bits per heavy atom. The van der Waals surface area contributed by atoms with Crippen molar-refractivity contribution in [1.29, 1.82) is 5.26 Å². The molecule has 0 saturated carbocycles. The topological polar surface area (TPSA) is 63.4 Å². The molecule has 1 N–H and O–H groups in total. The van der Waals surface area contributed by atoms with Crippen LogP contribution in [0.25, 0.3) is 0 Å². The van der Waals surface area contributed by atoms with Gasteiger partial charge in [-0.15, -0.1) is 0 Å². The molecule has 2 aromatic rings. The van der Waals surface area contributed by atoms with Crippen LogP contribution in [0.5, 0.6) is 0 Å². The number of rotatable bonds is 4. The van der Waals surface area contributed by atoms with E-state index in [2.05, 4.69) is 20.9 Å². The number of pyridine rings is 1. The summed E-state index contributed by atoms with van der Waals surface area (Å²) in [4.78, 5) is 8.67. The van der Waals surface area contributed by atoms with Crippen molar-refractivity contribution in [3.05, 3.63) is 59.5 Å². The van der Waals surface area contributed by atoms with E-state index < -0.39 is 6.10 Å². The third-order valence-electron chi connectivity index (χ3n) is 4.26. The third-order valence-corrected chi connectivity index (χ3v) is 4.26. The standard InChI is InChI=1S/C18H19FN4O/c19-16-4-2-15(3-5-16)17(24)13-22-7-9-23(10-8-22)18-6-1-14(11-20)12-21-18/h1-6,12,17,24H,7-10,13H2/t17-/m1/s1. The highest BCUT2D eigenvalue weighted by molar-refractivity contribution is 5.42. The number of anilines is 1. The zero-order chi connectivity index (χ0) is 16.9. The van der Waals surface area contributed by atoms with Crippen molar-refractivity contribution in [1.82, 2.24) is 9.88 Å². The summed E-state index contributed by atoms with van der Waals surface area (Å²) in [5.41, 5.74) is 1.28. The Morgan fingerprint density at radius 1 is 1.12 bits per heavy atom. The summed E-state index contributed by atoms with van der Waals surface area (Å²) in [6, 6.07) is 11.7. The first-order valence-electron chi connectivity index (χ1n) is 7.92. The SMILES string of the molecule is N#Cc1ccc(N2CCN(C[C@@H](O)c3ccc(F)cc3)CC2)nc1. The first kappa shape index (κ1) is 16.4. The molecular formula is C18H19FN4O. The van der Waals surface area contributed by atoms with E-state index in [0.29, 0.717) is 12.1 Å². The summed E-state index contributed by atoms with van der Waals surface area (Å²) in [7, 11) is 0. The second kappa shape index (κ2) is 7.39. The Balaban J connectivity index is 1.53. The molecule has 0 spiro atoms. The molecule has 1 aliphatic heterocycles. The maximum absolute atomic E-state index is 12.9. The highest BCUT2D eigenvalue weighted by Gasteiger charge is 2.20. The Morgan fingerprint density at radius 2 is 1.83 bits per heavy atom. The van der Waals surface area contributed by atoms with Crippen LogP contribution in [0.1, 0.15) is 17.2 Å². The highest BCUT2D eigenvalue weighted by atomic mass is 19.1. The fourth-order valence-corrected chi connectivity index (χ4v) is 2.83. The fourth-order valence-electron chi connectivity index (χ4n) is 2.83. The summed E-state index contributed by atoms with van der Waals surface area (Å²) < 4.78 is 12.9. The lowest BCUT2D eigenvalue weighted by atomic mass is 10.1. The van der Waals surface area contributed by atoms with Crippen LogP contribution in [0.3, 0.4) is 0 Å². The number of hydrogen-bond donors (Lipinski definition) is 1. The number of piperazine rings is 1. The number of aliphatic hydroxyl groups excluding tert-OH is 1. The van der Waals surface area contributed by atoms with Crippen molar-refractivity contribution in [2.45, 2.75) is 6.10 Å². The molecule has 1 fully saturated rings. The zero-order valence-electron chi connectivity index (χ0n) is 13.3. The maximum atomic E-state index is 12.9. The Hall–Kier alpha value is -2.49. The molecule has 1 saturated heterocycles. The van der Waals surface area contributed by atoms with Gasteiger partial charge in [0.1, 0.15) is 17.7 Å². The fraction of sp³-hybridized carbons (Fsp3) is 0.333. The lowest BCUT2D eigenvalue weighted by molar-refractivity contribution is 0.109. The molecule has 1 atom stereocenters. The van der Waals surface area contributed by atoms with Crippen LogP contribution in [0, 0.1) is 17.1 Å². The van der Waals surface area contributed by atoms with Crippen molar-refractivity contribution in [3.8, 4) is 6.07 Å². The van der Waals surface area contributed by atoms with Gasteiger partial charge in [0.05, 0.1) is 11.7 Å². The largest absolute Gasteiger partial charge is 0.387 e. The monoisotopic (exact) mass is 326 g/mol. The van der Waals surface area contributed by atoms with E-state index in [1.54, 1.807) is 24.4 Å². The van der Waals surface area contributed by atoms with E-state index in [9.17, 15) is 9.50 Å². The van der Waals surface area contributed by atoms with E-state index in [0.717, 1.165) is 37.6 Å². The Kier molecular flexibility index (Phi) is 5.04. The van der Waals surface area contributed by atoms with Crippen molar-refractivity contribution in [2.24, 2.45) is 0 Å². The molecule has 1 aromatic carbocycles. The van der Waals surface area contributed by atoms with E-state index >= 15 is 0 Å². The number of aliphatic hydroxyl groups is 1. The van der Waals surface area contributed by atoms with Gasteiger partial charge in [-0.3, -0.25) is 4.90 Å². The van der Waals surface area contributed by atoms with Gasteiger partial charge < -0.3 is 10.0 Å². The number of aromatic nitrogens is 1. The summed E-state index contributed by atoms with van der Waals surface area (Å²) in [5.74, 6) is 0.571. The second-order valence-corrected chi connectivity index (χ2v) is 5.87. The quantitative estimate of drug-likeness (QED) is 0.930. The lowest BCUT2D eigenvalue weighted by Gasteiger charge is -2.36. The molecule has 0 aliphatic carbocycles. The van der Waals surface area contributed by atoms with Crippen LogP contribution in [0.2, 0.25) is 0 Å². The van der Waals surface area contributed by atoms with Crippen LogP contribution in [-0.4, -0.2) is 47.7 Å². The molecule has 1 aliphatic rings. The zero-order valence-corrected chi connectivity index (χ0v) is 13.3. The van der Waals surface area contributed by atoms with E-state index in [-0.39, 0.29) is 5.82 Å². The molecule has 0 bridgehead atoms. The first-order chi connectivity index (χ1) is 11.7. The lowest BCUT2D eigenvalue weighted by Crippen LogP contribution is -2.47. The van der Waals surface area contributed by atoms with E-state index in [1.165, 1.54) is 12.1 Å². The number of halogens is 1. The molecule has 6 heteroatoms. The minimum atomic E-state index is -0.620. The Labute approximate surface area is 140 Å². The highest BCUT2D eigenvalue weighted by Crippen LogP contribution is 2.18. The molecule has 0 amide bonds. The summed E-state index contributed by atoms with van der Waals surface area (Å²) in [6.07, 6.45) is 0.963. The van der Waals surface area contributed by atoms with Crippen molar-refractivity contribution in [3.63, 3.8) is 0 Å². The third kappa shape index (κ3) is 3.88. The van der Waals surface area contributed by atoms with Gasteiger partial charge in [0.25, 0.3) is 0 Å². The van der Waals surface area contributed by atoms with Gasteiger partial charge in [-0.25, -0.2) is 9.37 Å². The van der Waals surface area contributed by atoms with Crippen LogP contribution in [0.4, 0.5) is 10.2 Å². The van der Waals surface area contributed by atoms with Gasteiger partial charge in [0.15, 0.2) is 0 Å². The number of nitriles is 1. The van der Waals surface area contributed by atoms with Gasteiger partial charge in [0.2, 0.25) is 0 Å². The van der Waals surface area contributed by atoms with Crippen molar-refractivity contribution < 1.29 is 9.50 Å². The average molecular weight is 326 g/mol. The maximum Gasteiger partial charge on any atom is 0.128 e. The number of nitrogens with zero attached hydrogens (tertiary/aromatic N) is 4. The number of benzene rings is 1. The average Bonchev–Trinajstić information content (AvgIpc) is 2.63. The number of β-amino-alcohol motifs (C(OH)–C–C–N with tert-alkyl or cyclic N) is 1. The predicted molar refractivity (Wildman–Crippen MR) is 89.0 cm³/mol. The van der Waals surface area contributed by atoms with Crippen molar-refractivity contribution >= 4 is 5.82 Å². The van der Waals surface area contributed by atoms with E-state index in [1.807, 2.05) is 6.07 Å². The van der Waals surface area contributed by atoms with Crippen LogP contribution in [-0.2, 0) is 0 Å². The van der Waals surface area contributed by atoms with Crippen LogP contribution < -0.4 is 4.90 Å². The van der Waals surface area contributed by atoms with Gasteiger partial charge in [0, 0.05) is 38.9 Å². The first-order valence-corrected chi connectivity index (χ1v) is 7.92. The smallest absolute Gasteiger partial charge is 0.128 e. The van der Waals surface area contributed by atoms with E-state index in [4.69, 9.17) is 5.26 Å². The van der Waals surface area contributed by atoms with Gasteiger partial charge in [-0.05, 0) is 29.8 Å². The predicted octanol–water partition coefficient (Wildman–Crippen LogP) is 1.95. The van der Waals surface area contributed by atoms with Gasteiger partial charge >= 0.3 is 0 Å². The normalized spacial score (nSPS) is 16.6. The van der Waals surface area contributed by atoms with Crippen LogP contribution in [0.15, 0.2) is 42.6 Å². The molecule has 2 heterocycles. The Bertz CT molecular complexity index is 703. The summed E-state index contributed by atoms with van der Waals surface area (Å²) in [5, 5.41) is 19.1. The summed E-state index contributed by atoms with van der Waals surface area (Å²) >= 11 is 0. The molecule has 3 rings (SSSR count). The molecule has 1 aromatic heterocycles. The molecule has 5 nitrogen and oxygen atoms in total. The summed E-state index contributed by atoms with van der Waals surface area (Å²) in [6.45, 7) is 3.80. The van der Waals surface area contributed by atoms with Gasteiger partial charge in [-0.2, -0.15) is 5.26 Å². The minimum absolute atomic E-state index is 0.297. The molecule has 0 radical (unpaired) electrons.